The second kappa shape index (κ2) is 13.0. The van der Waals surface area contributed by atoms with E-state index >= 15 is 0 Å². The van der Waals surface area contributed by atoms with Gasteiger partial charge in [-0.05, 0) is 56.7 Å². The Labute approximate surface area is 246 Å². The van der Waals surface area contributed by atoms with Crippen LogP contribution in [0.3, 0.4) is 0 Å². The number of hydrogen-bond donors (Lipinski definition) is 4. The van der Waals surface area contributed by atoms with Crippen molar-refractivity contribution in [1.82, 2.24) is 26.1 Å². The smallest absolute Gasteiger partial charge is 0.319 e. The van der Waals surface area contributed by atoms with E-state index < -0.39 is 60.0 Å². The van der Waals surface area contributed by atoms with Crippen molar-refractivity contribution in [2.24, 2.45) is 11.3 Å². The van der Waals surface area contributed by atoms with Crippen LogP contribution in [0.25, 0.3) is 17.0 Å². The lowest BCUT2D eigenvalue weighted by atomic mass is 9.85. The molecule has 1 fully saturated rings. The average Bonchev–Trinajstić information content (AvgIpc) is 2.99. The fourth-order valence-corrected chi connectivity index (χ4v) is 5.15. The van der Waals surface area contributed by atoms with Crippen LogP contribution in [0.15, 0.2) is 36.4 Å². The highest BCUT2D eigenvalue weighted by Gasteiger charge is 2.40. The van der Waals surface area contributed by atoms with Gasteiger partial charge in [-0.15, -0.1) is 0 Å². The predicted octanol–water partition coefficient (Wildman–Crippen LogP) is 2.40. The van der Waals surface area contributed by atoms with Crippen LogP contribution in [0.5, 0.6) is 0 Å². The van der Waals surface area contributed by atoms with E-state index in [1.807, 2.05) is 37.3 Å². The van der Waals surface area contributed by atoms with Gasteiger partial charge in [0.1, 0.15) is 17.5 Å². The third kappa shape index (κ3) is 6.63. The minimum atomic E-state index is -1.39. The third-order valence-electron chi connectivity index (χ3n) is 8.05. The highest BCUT2D eigenvalue weighted by Crippen LogP contribution is 2.29. The molecule has 1 saturated heterocycles. The number of rotatable bonds is 3. The van der Waals surface area contributed by atoms with Crippen molar-refractivity contribution in [3.05, 3.63) is 47.7 Å². The maximum absolute atomic E-state index is 13.5. The molecule has 226 valence electrons. The van der Waals surface area contributed by atoms with Crippen LogP contribution in [0.2, 0.25) is 0 Å². The van der Waals surface area contributed by atoms with Gasteiger partial charge >= 0.3 is 5.97 Å². The summed E-state index contributed by atoms with van der Waals surface area (Å²) < 4.78 is 5.72. The monoisotopic (exact) mass is 579 g/mol. The molecule has 0 saturated carbocycles. The number of aliphatic hydroxyl groups excluding tert-OH is 1. The Morgan fingerprint density at radius 3 is 2.48 bits per heavy atom. The summed E-state index contributed by atoms with van der Waals surface area (Å²) >= 11 is 0. The molecule has 2 aliphatic rings. The van der Waals surface area contributed by atoms with E-state index in [9.17, 15) is 24.3 Å². The van der Waals surface area contributed by atoms with E-state index in [4.69, 9.17) is 9.72 Å². The molecular formula is C31H41N5O6. The Balaban J connectivity index is 1.75. The fourth-order valence-electron chi connectivity index (χ4n) is 5.15. The summed E-state index contributed by atoms with van der Waals surface area (Å²) in [6.07, 6.45) is 3.52. The first kappa shape index (κ1) is 31.1. The highest BCUT2D eigenvalue weighted by molar-refractivity contribution is 5.92. The number of amides is 3. The van der Waals surface area contributed by atoms with E-state index in [0.717, 1.165) is 10.9 Å². The van der Waals surface area contributed by atoms with Crippen molar-refractivity contribution in [3.63, 3.8) is 0 Å². The van der Waals surface area contributed by atoms with Crippen LogP contribution in [0.1, 0.15) is 71.2 Å². The van der Waals surface area contributed by atoms with Gasteiger partial charge in [0.2, 0.25) is 5.91 Å². The number of nitrogens with zero attached hydrogens (tertiary/aromatic N) is 2. The number of carbonyl (C=O) groups is 4. The molecule has 2 aromatic rings. The van der Waals surface area contributed by atoms with Crippen LogP contribution in [0, 0.1) is 11.3 Å². The topological polar surface area (TPSA) is 150 Å². The number of pyridine rings is 1. The van der Waals surface area contributed by atoms with E-state index in [2.05, 4.69) is 16.1 Å². The number of benzene rings is 1. The first-order valence-corrected chi connectivity index (χ1v) is 14.6. The lowest BCUT2D eigenvalue weighted by molar-refractivity contribution is -0.168. The maximum atomic E-state index is 13.5. The molecule has 2 aliphatic heterocycles. The molecule has 0 aliphatic carbocycles. The number of hydrazine groups is 1. The van der Waals surface area contributed by atoms with Gasteiger partial charge in [0.05, 0.1) is 23.9 Å². The number of cyclic esters (lactones) is 1. The summed E-state index contributed by atoms with van der Waals surface area (Å²) in [5.74, 6) is -2.43. The highest BCUT2D eigenvalue weighted by atomic mass is 16.6. The summed E-state index contributed by atoms with van der Waals surface area (Å²) in [5.41, 5.74) is 3.75. The molecule has 3 heterocycles. The Morgan fingerprint density at radius 2 is 1.79 bits per heavy atom. The molecule has 11 nitrogen and oxygen atoms in total. The maximum Gasteiger partial charge on any atom is 0.319 e. The van der Waals surface area contributed by atoms with Crippen molar-refractivity contribution in [1.29, 1.82) is 0 Å². The van der Waals surface area contributed by atoms with Gasteiger partial charge in [-0.1, -0.05) is 51.1 Å². The van der Waals surface area contributed by atoms with Gasteiger partial charge in [-0.25, -0.2) is 5.43 Å². The van der Waals surface area contributed by atoms with E-state index in [1.54, 1.807) is 39.8 Å². The zero-order valence-electron chi connectivity index (χ0n) is 24.8. The first-order chi connectivity index (χ1) is 20.0. The minimum Gasteiger partial charge on any atom is -0.451 e. The number of fused-ring (bicyclic) bond motifs is 4. The molecular weight excluding hydrogens is 538 g/mol. The molecule has 1 aromatic heterocycles. The van der Waals surface area contributed by atoms with Gasteiger partial charge in [0.15, 0.2) is 6.10 Å². The van der Waals surface area contributed by atoms with Crippen LogP contribution >= 0.6 is 0 Å². The van der Waals surface area contributed by atoms with Crippen molar-refractivity contribution in [2.75, 3.05) is 13.2 Å². The summed E-state index contributed by atoms with van der Waals surface area (Å²) in [5, 5.41) is 18.3. The van der Waals surface area contributed by atoms with Gasteiger partial charge < -0.3 is 20.5 Å². The number of aliphatic hydroxyl groups is 1. The van der Waals surface area contributed by atoms with Crippen molar-refractivity contribution < 1.29 is 29.0 Å². The van der Waals surface area contributed by atoms with Crippen LogP contribution < -0.4 is 16.1 Å². The van der Waals surface area contributed by atoms with E-state index in [1.165, 1.54) is 5.01 Å². The number of aromatic nitrogens is 1. The lowest BCUT2D eigenvalue weighted by Crippen LogP contribution is -2.61. The number of ether oxygens (including phenoxy) is 1. The number of hydrogen-bond acceptors (Lipinski definition) is 8. The van der Waals surface area contributed by atoms with Crippen LogP contribution in [-0.4, -0.2) is 70.1 Å². The minimum absolute atomic E-state index is 0.231. The summed E-state index contributed by atoms with van der Waals surface area (Å²) in [6.45, 7) is 8.48. The Kier molecular flexibility index (Phi) is 9.63. The Bertz CT molecular complexity index is 1370. The standard InChI is InChI=1S/C31H41N5O6/c1-6-31(17-37)14-13-21-9-10-22-11-12-23(34-25(22)16-21)19(4)32-27(38)24-8-7-15-36(35-24)29(40)20(5)33-28(39)26(18(2)3)42-30(31)41/h9-14,16,18-20,24,26,35,37H,6-8,15,17H2,1-5H3,(H,32,38)(H,33,39)/b14-13+/t19-,20+,24+,26+,31?/m1/s1. The molecule has 0 radical (unpaired) electrons. The Hall–Kier alpha value is -3.83. The molecule has 4 N–H and O–H groups in total. The lowest BCUT2D eigenvalue weighted by Gasteiger charge is -2.35. The third-order valence-corrected chi connectivity index (χ3v) is 8.05. The SMILES string of the molecule is CCC1(CO)/C=C/c2ccc3ccc(nc3c2)[C@@H](C)NC(=O)[C@@H]2CCCN(N2)C(=O)[C@H](C)NC(=O)[C@H](C(C)C)OC1=O. The number of nitrogens with one attached hydrogen (secondary N) is 3. The molecule has 5 atom stereocenters. The van der Waals surface area contributed by atoms with Gasteiger partial charge in [0.25, 0.3) is 11.8 Å². The summed E-state index contributed by atoms with van der Waals surface area (Å²) in [6, 6.07) is 7.48. The first-order valence-electron chi connectivity index (χ1n) is 14.6. The molecule has 3 amide bonds. The second-order valence-electron chi connectivity index (χ2n) is 11.5. The molecule has 1 aromatic carbocycles. The average molecular weight is 580 g/mol. The molecule has 11 heteroatoms. The van der Waals surface area contributed by atoms with Gasteiger partial charge in [-0.2, -0.15) is 0 Å². The second-order valence-corrected chi connectivity index (χ2v) is 11.5. The fraction of sp³-hybridized carbons (Fsp3) is 0.516. The van der Waals surface area contributed by atoms with Crippen molar-refractivity contribution in [3.8, 4) is 0 Å². The zero-order chi connectivity index (χ0) is 30.6. The molecule has 4 rings (SSSR count). The normalized spacial score (nSPS) is 28.8. The number of carbonyl (C=O) groups excluding carboxylic acids is 4. The summed E-state index contributed by atoms with van der Waals surface area (Å²) in [7, 11) is 0. The molecule has 5 bridgehead atoms. The molecule has 0 spiro atoms. The quantitative estimate of drug-likeness (QED) is 0.405. The van der Waals surface area contributed by atoms with Crippen molar-refractivity contribution >= 4 is 40.7 Å². The van der Waals surface area contributed by atoms with Crippen molar-refractivity contribution in [2.45, 2.75) is 78.1 Å². The molecule has 42 heavy (non-hydrogen) atoms. The predicted molar refractivity (Wildman–Crippen MR) is 157 cm³/mol. The summed E-state index contributed by atoms with van der Waals surface area (Å²) in [4.78, 5) is 58.0. The van der Waals surface area contributed by atoms with Gasteiger partial charge in [-0.3, -0.25) is 29.2 Å². The van der Waals surface area contributed by atoms with Crippen LogP contribution in [0.4, 0.5) is 0 Å². The van der Waals surface area contributed by atoms with Crippen LogP contribution in [-0.2, 0) is 23.9 Å². The van der Waals surface area contributed by atoms with Gasteiger partial charge in [0, 0.05) is 11.9 Å². The molecule has 1 unspecified atom stereocenters. The van der Waals surface area contributed by atoms with E-state index in [0.29, 0.717) is 30.6 Å². The Morgan fingerprint density at radius 1 is 1.07 bits per heavy atom. The largest absolute Gasteiger partial charge is 0.451 e. The zero-order valence-corrected chi connectivity index (χ0v) is 24.8. The van der Waals surface area contributed by atoms with E-state index in [-0.39, 0.29) is 12.3 Å². The number of esters is 1.